The second-order valence-electron chi connectivity index (χ2n) is 5.71. The topological polar surface area (TPSA) is 87.1 Å². The van der Waals surface area contributed by atoms with Gasteiger partial charge >= 0.3 is 6.03 Å². The van der Waals surface area contributed by atoms with E-state index in [9.17, 15) is 4.79 Å². The minimum atomic E-state index is -0.219. The van der Waals surface area contributed by atoms with E-state index in [4.69, 9.17) is 5.11 Å². The molecule has 0 aliphatic carbocycles. The normalized spacial score (nSPS) is 13.1. The van der Waals surface area contributed by atoms with E-state index in [1.807, 2.05) is 38.1 Å². The summed E-state index contributed by atoms with van der Waals surface area (Å²) in [4.78, 5) is 20.1. The Hall–Kier alpha value is -2.47. The van der Waals surface area contributed by atoms with Crippen LogP contribution in [0.3, 0.4) is 0 Å². The number of urea groups is 1. The Balaban J connectivity index is 1.95. The largest absolute Gasteiger partial charge is 0.396 e. The highest BCUT2D eigenvalue weighted by Crippen LogP contribution is 2.20. The first-order chi connectivity index (χ1) is 11.6. The molecule has 1 aromatic heterocycles. The fourth-order valence-electron chi connectivity index (χ4n) is 2.45. The quantitative estimate of drug-likeness (QED) is 0.729. The summed E-state index contributed by atoms with van der Waals surface area (Å²) in [5, 5.41) is 14.8. The average Bonchev–Trinajstić information content (AvgIpc) is 2.62. The van der Waals surface area contributed by atoms with E-state index in [2.05, 4.69) is 20.6 Å². The van der Waals surface area contributed by atoms with Gasteiger partial charge in [0.25, 0.3) is 0 Å². The SMILES string of the molecule is CCC(CCO)NC(=O)NC(C)c1ccc(-c2cncnc2)cc1. The van der Waals surface area contributed by atoms with Crippen LogP contribution in [0.25, 0.3) is 11.1 Å². The molecule has 24 heavy (non-hydrogen) atoms. The number of hydrogen-bond donors (Lipinski definition) is 3. The van der Waals surface area contributed by atoms with Crippen LogP contribution in [0.1, 0.15) is 38.3 Å². The molecule has 0 aliphatic rings. The first-order valence-electron chi connectivity index (χ1n) is 8.17. The van der Waals surface area contributed by atoms with Crippen LogP contribution in [-0.2, 0) is 0 Å². The molecule has 0 bridgehead atoms. The lowest BCUT2D eigenvalue weighted by Crippen LogP contribution is -2.43. The third-order valence-electron chi connectivity index (χ3n) is 3.96. The van der Waals surface area contributed by atoms with Crippen LogP contribution in [-0.4, -0.2) is 33.8 Å². The number of hydrogen-bond acceptors (Lipinski definition) is 4. The molecule has 6 nitrogen and oxygen atoms in total. The van der Waals surface area contributed by atoms with Gasteiger partial charge in [-0.15, -0.1) is 0 Å². The maximum Gasteiger partial charge on any atom is 0.315 e. The van der Waals surface area contributed by atoms with E-state index in [-0.39, 0.29) is 24.7 Å². The van der Waals surface area contributed by atoms with Gasteiger partial charge in [-0.2, -0.15) is 0 Å². The smallest absolute Gasteiger partial charge is 0.315 e. The highest BCUT2D eigenvalue weighted by atomic mass is 16.3. The Morgan fingerprint density at radius 1 is 1.12 bits per heavy atom. The van der Waals surface area contributed by atoms with Crippen LogP contribution in [0.2, 0.25) is 0 Å². The molecular formula is C18H24N4O2. The zero-order valence-electron chi connectivity index (χ0n) is 14.1. The van der Waals surface area contributed by atoms with Crippen molar-refractivity contribution in [2.45, 2.75) is 38.8 Å². The lowest BCUT2D eigenvalue weighted by atomic mass is 10.0. The zero-order valence-corrected chi connectivity index (χ0v) is 14.1. The molecule has 2 unspecified atom stereocenters. The molecule has 0 aliphatic heterocycles. The molecule has 2 amide bonds. The van der Waals surface area contributed by atoms with Gasteiger partial charge in [-0.1, -0.05) is 31.2 Å². The summed E-state index contributed by atoms with van der Waals surface area (Å²) < 4.78 is 0. The Bertz CT molecular complexity index is 631. The highest BCUT2D eigenvalue weighted by molar-refractivity contribution is 5.74. The van der Waals surface area contributed by atoms with Gasteiger partial charge in [0.15, 0.2) is 0 Å². The standard InChI is InChI=1S/C18H24N4O2/c1-3-17(8-9-23)22-18(24)21-13(2)14-4-6-15(7-5-14)16-10-19-12-20-11-16/h4-7,10-13,17,23H,3,8-9H2,1-2H3,(H2,21,22,24). The van der Waals surface area contributed by atoms with Crippen LogP contribution in [0, 0.1) is 0 Å². The van der Waals surface area contributed by atoms with E-state index in [0.717, 1.165) is 23.1 Å². The summed E-state index contributed by atoms with van der Waals surface area (Å²) in [7, 11) is 0. The van der Waals surface area contributed by atoms with Crippen LogP contribution < -0.4 is 10.6 Å². The molecule has 128 valence electrons. The lowest BCUT2D eigenvalue weighted by Gasteiger charge is -2.20. The van der Waals surface area contributed by atoms with E-state index in [0.29, 0.717) is 6.42 Å². The third-order valence-corrected chi connectivity index (χ3v) is 3.96. The van der Waals surface area contributed by atoms with Crippen molar-refractivity contribution < 1.29 is 9.90 Å². The summed E-state index contributed by atoms with van der Waals surface area (Å²) in [6, 6.07) is 7.61. The van der Waals surface area contributed by atoms with Crippen molar-refractivity contribution in [3.63, 3.8) is 0 Å². The van der Waals surface area contributed by atoms with Gasteiger partial charge in [-0.05, 0) is 30.9 Å². The van der Waals surface area contributed by atoms with Crippen LogP contribution in [0.15, 0.2) is 43.0 Å². The Morgan fingerprint density at radius 2 is 1.79 bits per heavy atom. The number of amides is 2. The van der Waals surface area contributed by atoms with Gasteiger partial charge in [-0.25, -0.2) is 14.8 Å². The van der Waals surface area contributed by atoms with Crippen molar-refractivity contribution in [3.05, 3.63) is 48.5 Å². The molecule has 0 saturated heterocycles. The van der Waals surface area contributed by atoms with Crippen molar-refractivity contribution >= 4 is 6.03 Å². The molecular weight excluding hydrogens is 304 g/mol. The minimum Gasteiger partial charge on any atom is -0.396 e. The molecule has 0 radical (unpaired) electrons. The van der Waals surface area contributed by atoms with Gasteiger partial charge in [0, 0.05) is 30.6 Å². The van der Waals surface area contributed by atoms with Crippen molar-refractivity contribution in [2.24, 2.45) is 0 Å². The van der Waals surface area contributed by atoms with E-state index < -0.39 is 0 Å². The monoisotopic (exact) mass is 328 g/mol. The Kier molecular flexibility index (Phi) is 6.69. The number of aromatic nitrogens is 2. The number of rotatable bonds is 7. The number of benzene rings is 1. The van der Waals surface area contributed by atoms with Gasteiger partial charge < -0.3 is 15.7 Å². The first kappa shape index (κ1) is 17.9. The average molecular weight is 328 g/mol. The van der Waals surface area contributed by atoms with Gasteiger partial charge in [0.1, 0.15) is 6.33 Å². The maximum absolute atomic E-state index is 12.0. The van der Waals surface area contributed by atoms with E-state index in [1.54, 1.807) is 12.4 Å². The lowest BCUT2D eigenvalue weighted by molar-refractivity contribution is 0.225. The van der Waals surface area contributed by atoms with E-state index in [1.165, 1.54) is 6.33 Å². The van der Waals surface area contributed by atoms with Gasteiger partial charge in [0.05, 0.1) is 6.04 Å². The predicted molar refractivity (Wildman–Crippen MR) is 93.3 cm³/mol. The number of aliphatic hydroxyl groups is 1. The second kappa shape index (κ2) is 8.98. The minimum absolute atomic E-state index is 0.0114. The Labute approximate surface area is 142 Å². The summed E-state index contributed by atoms with van der Waals surface area (Å²) >= 11 is 0. The molecule has 2 aromatic rings. The molecule has 0 fully saturated rings. The molecule has 6 heteroatoms. The molecule has 0 saturated carbocycles. The molecule has 2 rings (SSSR count). The fraction of sp³-hybridized carbons (Fsp3) is 0.389. The molecule has 3 N–H and O–H groups in total. The number of aliphatic hydroxyl groups excluding tert-OH is 1. The van der Waals surface area contributed by atoms with Gasteiger partial charge in [-0.3, -0.25) is 0 Å². The summed E-state index contributed by atoms with van der Waals surface area (Å²) in [6.07, 6.45) is 6.39. The van der Waals surface area contributed by atoms with Crippen molar-refractivity contribution in [2.75, 3.05) is 6.61 Å². The van der Waals surface area contributed by atoms with Crippen molar-refractivity contribution in [1.82, 2.24) is 20.6 Å². The zero-order chi connectivity index (χ0) is 17.4. The molecule has 0 spiro atoms. The maximum atomic E-state index is 12.0. The molecule has 1 aromatic carbocycles. The number of nitrogens with zero attached hydrogens (tertiary/aromatic N) is 2. The van der Waals surface area contributed by atoms with Crippen molar-refractivity contribution in [1.29, 1.82) is 0 Å². The summed E-state index contributed by atoms with van der Waals surface area (Å²) in [5.74, 6) is 0. The second-order valence-corrected chi connectivity index (χ2v) is 5.71. The van der Waals surface area contributed by atoms with E-state index >= 15 is 0 Å². The summed E-state index contributed by atoms with van der Waals surface area (Å²) in [5.41, 5.74) is 3.00. The summed E-state index contributed by atoms with van der Waals surface area (Å²) in [6.45, 7) is 3.99. The third kappa shape index (κ3) is 5.03. The molecule has 2 atom stereocenters. The van der Waals surface area contributed by atoms with Crippen LogP contribution >= 0.6 is 0 Å². The van der Waals surface area contributed by atoms with Crippen LogP contribution in [0.5, 0.6) is 0 Å². The predicted octanol–water partition coefficient (Wildman–Crippen LogP) is 2.66. The highest BCUT2D eigenvalue weighted by Gasteiger charge is 2.13. The number of carbonyl (C=O) groups is 1. The molecule has 1 heterocycles. The van der Waals surface area contributed by atoms with Gasteiger partial charge in [0.2, 0.25) is 0 Å². The first-order valence-corrected chi connectivity index (χ1v) is 8.17. The fourth-order valence-corrected chi connectivity index (χ4v) is 2.45. The number of nitrogens with one attached hydrogen (secondary N) is 2. The number of carbonyl (C=O) groups excluding carboxylic acids is 1. The Morgan fingerprint density at radius 3 is 2.38 bits per heavy atom. The van der Waals surface area contributed by atoms with Crippen LogP contribution in [0.4, 0.5) is 4.79 Å². The van der Waals surface area contributed by atoms with Crippen molar-refractivity contribution in [3.8, 4) is 11.1 Å².